The van der Waals surface area contributed by atoms with Gasteiger partial charge in [0.1, 0.15) is 0 Å². The molecule has 0 bridgehead atoms. The molecule has 0 amide bonds. The Morgan fingerprint density at radius 3 is 2.62 bits per heavy atom. The van der Waals surface area contributed by atoms with Crippen LogP contribution in [0.3, 0.4) is 0 Å². The number of nitrogens with zero attached hydrogens (tertiary/aromatic N) is 1. The summed E-state index contributed by atoms with van der Waals surface area (Å²) in [6, 6.07) is 9.13. The van der Waals surface area contributed by atoms with Gasteiger partial charge < -0.3 is 10.3 Å². The molecule has 0 saturated carbocycles. The minimum atomic E-state index is 0.618. The van der Waals surface area contributed by atoms with Crippen molar-refractivity contribution in [2.45, 2.75) is 6.92 Å². The normalized spacial score (nSPS) is 11.8. The smallest absolute Gasteiger partial charge is 0.161 e. The van der Waals surface area contributed by atoms with Gasteiger partial charge in [0.2, 0.25) is 0 Å². The first-order chi connectivity index (χ1) is 7.65. The van der Waals surface area contributed by atoms with Crippen LogP contribution in [0, 0.1) is 6.92 Å². The van der Waals surface area contributed by atoms with E-state index in [2.05, 4.69) is 5.16 Å². The zero-order valence-electron chi connectivity index (χ0n) is 8.77. The molecular weight excluding hydrogens is 224 g/mol. The Kier molecular flexibility index (Phi) is 2.97. The van der Waals surface area contributed by atoms with Crippen molar-refractivity contribution in [3.63, 3.8) is 0 Å². The highest BCUT2D eigenvalue weighted by molar-refractivity contribution is 6.30. The largest absolute Gasteiger partial charge is 0.398 e. The molecule has 0 atom stereocenters. The van der Waals surface area contributed by atoms with E-state index in [0.29, 0.717) is 16.5 Å². The topological polar surface area (TPSA) is 52.0 Å². The van der Waals surface area contributed by atoms with E-state index < -0.39 is 0 Å². The molecule has 0 unspecified atom stereocenters. The van der Waals surface area contributed by atoms with Crippen LogP contribution in [0.15, 0.2) is 34.9 Å². The predicted molar refractivity (Wildman–Crippen MR) is 64.8 cm³/mol. The molecule has 4 heteroatoms. The van der Waals surface area contributed by atoms with Crippen molar-refractivity contribution in [2.24, 2.45) is 5.73 Å². The first-order valence-corrected chi connectivity index (χ1v) is 5.19. The summed E-state index contributed by atoms with van der Waals surface area (Å²) in [5, 5.41) is 4.47. The molecule has 0 aliphatic rings. The van der Waals surface area contributed by atoms with E-state index in [1.807, 2.05) is 25.1 Å². The second-order valence-electron chi connectivity index (χ2n) is 3.48. The van der Waals surface area contributed by atoms with Crippen molar-refractivity contribution in [3.05, 3.63) is 52.4 Å². The third-order valence-corrected chi connectivity index (χ3v) is 2.37. The lowest BCUT2D eigenvalue weighted by atomic mass is 10.1. The Morgan fingerprint density at radius 2 is 2.06 bits per heavy atom. The number of aryl methyl sites for hydroxylation is 1. The highest BCUT2D eigenvalue weighted by Crippen LogP contribution is 2.16. The number of halogens is 1. The maximum atomic E-state index is 5.92. The Hall–Kier alpha value is -1.74. The van der Waals surface area contributed by atoms with Gasteiger partial charge in [0, 0.05) is 22.9 Å². The van der Waals surface area contributed by atoms with Crippen LogP contribution in [-0.2, 0) is 0 Å². The first-order valence-electron chi connectivity index (χ1n) is 4.81. The molecule has 0 spiro atoms. The second kappa shape index (κ2) is 4.41. The fraction of sp³-hybridized carbons (Fsp3) is 0.0833. The highest BCUT2D eigenvalue weighted by atomic mass is 35.5. The Morgan fingerprint density at radius 1 is 1.38 bits per heavy atom. The quantitative estimate of drug-likeness (QED) is 0.869. The number of benzene rings is 1. The number of aromatic nitrogens is 1. The van der Waals surface area contributed by atoms with E-state index >= 15 is 0 Å². The molecule has 0 saturated heterocycles. The lowest BCUT2D eigenvalue weighted by Gasteiger charge is -2.00. The lowest BCUT2D eigenvalue weighted by Crippen LogP contribution is -1.95. The molecule has 0 aliphatic heterocycles. The molecule has 2 N–H and O–H groups in total. The van der Waals surface area contributed by atoms with Gasteiger partial charge in [0.25, 0.3) is 0 Å². The van der Waals surface area contributed by atoms with Crippen LogP contribution >= 0.6 is 11.6 Å². The van der Waals surface area contributed by atoms with Gasteiger partial charge in [-0.05, 0) is 24.6 Å². The second-order valence-corrected chi connectivity index (χ2v) is 3.91. The molecule has 2 aromatic rings. The van der Waals surface area contributed by atoms with Crippen LogP contribution in [0.2, 0.25) is 5.02 Å². The minimum Gasteiger partial charge on any atom is -0.398 e. The van der Waals surface area contributed by atoms with E-state index in [-0.39, 0.29) is 0 Å². The summed E-state index contributed by atoms with van der Waals surface area (Å²) in [7, 11) is 0. The van der Waals surface area contributed by atoms with E-state index in [4.69, 9.17) is 21.9 Å². The molecule has 1 heterocycles. The van der Waals surface area contributed by atoms with E-state index in [1.54, 1.807) is 18.2 Å². The lowest BCUT2D eigenvalue weighted by molar-refractivity contribution is 0.408. The Bertz CT molecular complexity index is 514. The summed E-state index contributed by atoms with van der Waals surface area (Å²) in [5.74, 6) is 0.643. The van der Waals surface area contributed by atoms with Crippen LogP contribution in [-0.4, -0.2) is 5.16 Å². The van der Waals surface area contributed by atoms with E-state index in [1.165, 1.54) is 0 Å². The Balaban J connectivity index is 2.27. The monoisotopic (exact) mass is 234 g/mol. The zero-order chi connectivity index (χ0) is 11.5. The molecule has 3 nitrogen and oxygen atoms in total. The summed E-state index contributed by atoms with van der Waals surface area (Å²) >= 11 is 5.79. The van der Waals surface area contributed by atoms with Gasteiger partial charge >= 0.3 is 0 Å². The summed E-state index contributed by atoms with van der Waals surface area (Å²) in [6.45, 7) is 1.86. The summed E-state index contributed by atoms with van der Waals surface area (Å²) in [6.07, 6.45) is 1.74. The van der Waals surface area contributed by atoms with Crippen molar-refractivity contribution < 1.29 is 4.52 Å². The summed E-state index contributed by atoms with van der Waals surface area (Å²) in [5.41, 5.74) is 8.27. The maximum Gasteiger partial charge on any atom is 0.161 e. The van der Waals surface area contributed by atoms with Gasteiger partial charge in [-0.3, -0.25) is 0 Å². The third-order valence-electron chi connectivity index (χ3n) is 2.12. The van der Waals surface area contributed by atoms with Crippen LogP contribution in [0.1, 0.15) is 17.0 Å². The van der Waals surface area contributed by atoms with Crippen molar-refractivity contribution in [2.75, 3.05) is 0 Å². The van der Waals surface area contributed by atoms with Crippen LogP contribution in [0.25, 0.3) is 11.8 Å². The van der Waals surface area contributed by atoms with Crippen LogP contribution in [0.4, 0.5) is 0 Å². The third kappa shape index (κ3) is 2.44. The first kappa shape index (κ1) is 10.8. The highest BCUT2D eigenvalue weighted by Gasteiger charge is 2.00. The fourth-order valence-corrected chi connectivity index (χ4v) is 1.46. The van der Waals surface area contributed by atoms with Crippen molar-refractivity contribution in [1.82, 2.24) is 5.16 Å². The minimum absolute atomic E-state index is 0.618. The van der Waals surface area contributed by atoms with Crippen molar-refractivity contribution in [1.29, 1.82) is 0 Å². The van der Waals surface area contributed by atoms with Gasteiger partial charge in [0.15, 0.2) is 5.76 Å². The predicted octanol–water partition coefficient (Wildman–Crippen LogP) is 3.09. The van der Waals surface area contributed by atoms with Gasteiger partial charge in [-0.2, -0.15) is 0 Å². The Labute approximate surface area is 98.5 Å². The molecule has 0 radical (unpaired) electrons. The van der Waals surface area contributed by atoms with Crippen molar-refractivity contribution >= 4 is 23.4 Å². The van der Waals surface area contributed by atoms with Gasteiger partial charge in [-0.15, -0.1) is 0 Å². The van der Waals surface area contributed by atoms with E-state index in [0.717, 1.165) is 11.3 Å². The molecule has 0 aliphatic carbocycles. The zero-order valence-corrected chi connectivity index (χ0v) is 9.53. The number of rotatable bonds is 2. The molecular formula is C12H11ClN2O. The maximum absolute atomic E-state index is 5.92. The average molecular weight is 235 g/mol. The summed E-state index contributed by atoms with van der Waals surface area (Å²) < 4.78 is 5.05. The van der Waals surface area contributed by atoms with E-state index in [9.17, 15) is 0 Å². The molecule has 0 fully saturated rings. The van der Waals surface area contributed by atoms with Crippen LogP contribution < -0.4 is 5.73 Å². The number of nitrogens with two attached hydrogens (primary N) is 1. The van der Waals surface area contributed by atoms with Crippen molar-refractivity contribution in [3.8, 4) is 0 Å². The van der Waals surface area contributed by atoms with Gasteiger partial charge in [-0.25, -0.2) is 0 Å². The number of hydrogen-bond donors (Lipinski definition) is 1. The molecule has 2 rings (SSSR count). The molecule has 16 heavy (non-hydrogen) atoms. The summed E-state index contributed by atoms with van der Waals surface area (Å²) in [4.78, 5) is 0. The van der Waals surface area contributed by atoms with Gasteiger partial charge in [-0.1, -0.05) is 28.9 Å². The molecule has 1 aromatic carbocycles. The standard InChI is InChI=1S/C12H11ClN2O/c1-8-6-11(16-15-8)7-12(14)9-2-4-10(13)5-3-9/h2-7H,14H2,1H3. The molecule has 82 valence electrons. The fourth-order valence-electron chi connectivity index (χ4n) is 1.33. The van der Waals surface area contributed by atoms with Gasteiger partial charge in [0.05, 0.1) is 5.69 Å². The number of hydrogen-bond acceptors (Lipinski definition) is 3. The average Bonchev–Trinajstić information content (AvgIpc) is 2.65. The molecule has 1 aromatic heterocycles. The SMILES string of the molecule is Cc1cc(C=C(N)c2ccc(Cl)cc2)on1. The van der Waals surface area contributed by atoms with Crippen LogP contribution in [0.5, 0.6) is 0 Å².